The van der Waals surface area contributed by atoms with Crippen molar-refractivity contribution < 1.29 is 14.3 Å². The number of aromatic nitrogens is 1. The molecule has 6 heteroatoms. The zero-order chi connectivity index (χ0) is 20.1. The molecule has 0 aliphatic carbocycles. The van der Waals surface area contributed by atoms with Crippen molar-refractivity contribution in [1.82, 2.24) is 10.3 Å². The van der Waals surface area contributed by atoms with E-state index in [2.05, 4.69) is 10.3 Å². The zero-order valence-corrected chi connectivity index (χ0v) is 16.3. The van der Waals surface area contributed by atoms with E-state index in [1.54, 1.807) is 7.11 Å². The number of carbonyl (C=O) groups excluding carboxylic acids is 1. The number of nitrogens with one attached hydrogen (secondary N) is 2. The molecule has 0 saturated heterocycles. The number of fused-ring (bicyclic) bond motifs is 1. The molecular weight excluding hydrogens is 356 g/mol. The third kappa shape index (κ3) is 4.52. The molecule has 0 fully saturated rings. The van der Waals surface area contributed by atoms with Crippen molar-refractivity contribution in [2.24, 2.45) is 0 Å². The summed E-state index contributed by atoms with van der Waals surface area (Å²) in [4.78, 5) is 27.2. The van der Waals surface area contributed by atoms with E-state index in [0.717, 1.165) is 16.5 Å². The zero-order valence-electron chi connectivity index (χ0n) is 16.3. The molecule has 0 aliphatic heterocycles. The van der Waals surface area contributed by atoms with Crippen LogP contribution in [0.5, 0.6) is 11.5 Å². The van der Waals surface area contributed by atoms with Gasteiger partial charge in [-0.05, 0) is 50.1 Å². The van der Waals surface area contributed by atoms with Crippen molar-refractivity contribution in [3.05, 3.63) is 69.5 Å². The van der Waals surface area contributed by atoms with Crippen LogP contribution in [0.3, 0.4) is 0 Å². The van der Waals surface area contributed by atoms with E-state index in [4.69, 9.17) is 9.47 Å². The molecular formula is C22H24N2O4. The Balaban J connectivity index is 1.59. The Morgan fingerprint density at radius 1 is 1.11 bits per heavy atom. The van der Waals surface area contributed by atoms with E-state index in [1.165, 1.54) is 0 Å². The molecule has 0 unspecified atom stereocenters. The predicted octanol–water partition coefficient (Wildman–Crippen LogP) is 2.89. The molecule has 0 spiro atoms. The van der Waals surface area contributed by atoms with Crippen molar-refractivity contribution in [2.75, 3.05) is 20.3 Å². The van der Waals surface area contributed by atoms with Gasteiger partial charge in [0.05, 0.1) is 12.6 Å². The standard InChI is InChI=1S/C22H24N2O4/c1-14-4-7-17(8-5-14)28-13-20(25)23-11-10-16-12-18-15(2)6-9-19(27-3)21(18)24-22(16)26/h4-9,12H,10-11,13H2,1-3H3,(H,23,25)(H,24,26). The predicted molar refractivity (Wildman–Crippen MR) is 109 cm³/mol. The molecule has 146 valence electrons. The average Bonchev–Trinajstić information content (AvgIpc) is 2.69. The van der Waals surface area contributed by atoms with Gasteiger partial charge in [0.15, 0.2) is 6.61 Å². The number of pyridine rings is 1. The number of aryl methyl sites for hydroxylation is 2. The second-order valence-electron chi connectivity index (χ2n) is 6.70. The molecule has 0 atom stereocenters. The number of H-pyrrole nitrogens is 1. The van der Waals surface area contributed by atoms with E-state index >= 15 is 0 Å². The maximum absolute atomic E-state index is 12.4. The number of aromatic amines is 1. The minimum absolute atomic E-state index is 0.0621. The number of benzene rings is 2. The van der Waals surface area contributed by atoms with Crippen LogP contribution in [-0.2, 0) is 11.2 Å². The Hall–Kier alpha value is -3.28. The Bertz CT molecular complexity index is 1040. The van der Waals surface area contributed by atoms with E-state index in [1.807, 2.05) is 56.3 Å². The summed E-state index contributed by atoms with van der Waals surface area (Å²) in [5, 5.41) is 3.72. The van der Waals surface area contributed by atoms with Gasteiger partial charge in [-0.3, -0.25) is 9.59 Å². The second-order valence-corrected chi connectivity index (χ2v) is 6.70. The first-order valence-electron chi connectivity index (χ1n) is 9.13. The van der Waals surface area contributed by atoms with Crippen molar-refractivity contribution in [1.29, 1.82) is 0 Å². The van der Waals surface area contributed by atoms with Gasteiger partial charge in [-0.1, -0.05) is 23.8 Å². The number of amides is 1. The Morgan fingerprint density at radius 2 is 1.86 bits per heavy atom. The molecule has 28 heavy (non-hydrogen) atoms. The lowest BCUT2D eigenvalue weighted by Gasteiger charge is -2.10. The molecule has 3 rings (SSSR count). The molecule has 1 heterocycles. The number of ether oxygens (including phenoxy) is 2. The number of hydrogen-bond donors (Lipinski definition) is 2. The smallest absolute Gasteiger partial charge is 0.257 e. The van der Waals surface area contributed by atoms with Gasteiger partial charge in [-0.25, -0.2) is 0 Å². The highest BCUT2D eigenvalue weighted by molar-refractivity contribution is 5.87. The van der Waals surface area contributed by atoms with Crippen LogP contribution in [0.2, 0.25) is 0 Å². The molecule has 0 saturated carbocycles. The molecule has 2 aromatic carbocycles. The second kappa shape index (κ2) is 8.61. The summed E-state index contributed by atoms with van der Waals surface area (Å²) in [7, 11) is 1.57. The van der Waals surface area contributed by atoms with Crippen LogP contribution in [0, 0.1) is 13.8 Å². The molecule has 3 aromatic rings. The summed E-state index contributed by atoms with van der Waals surface area (Å²) in [6.07, 6.45) is 0.429. The quantitative estimate of drug-likeness (QED) is 0.660. The number of rotatable bonds is 7. The Labute approximate surface area is 163 Å². The monoisotopic (exact) mass is 380 g/mol. The number of hydrogen-bond acceptors (Lipinski definition) is 4. The highest BCUT2D eigenvalue weighted by Crippen LogP contribution is 2.25. The summed E-state index contributed by atoms with van der Waals surface area (Å²) in [6, 6.07) is 13.2. The number of carbonyl (C=O) groups is 1. The summed E-state index contributed by atoms with van der Waals surface area (Å²) in [5.41, 5.74) is 3.30. The molecule has 0 radical (unpaired) electrons. The van der Waals surface area contributed by atoms with Crippen molar-refractivity contribution in [3.8, 4) is 11.5 Å². The van der Waals surface area contributed by atoms with E-state index in [-0.39, 0.29) is 18.1 Å². The third-order valence-electron chi connectivity index (χ3n) is 4.60. The van der Waals surface area contributed by atoms with Crippen molar-refractivity contribution >= 4 is 16.8 Å². The van der Waals surface area contributed by atoms with E-state index < -0.39 is 0 Å². The van der Waals surface area contributed by atoms with Crippen LogP contribution < -0.4 is 20.3 Å². The largest absolute Gasteiger partial charge is 0.495 e. The van der Waals surface area contributed by atoms with Gasteiger partial charge in [-0.2, -0.15) is 0 Å². The lowest BCUT2D eigenvalue weighted by Crippen LogP contribution is -2.31. The molecule has 6 nitrogen and oxygen atoms in total. The Kier molecular flexibility index (Phi) is 5.99. The topological polar surface area (TPSA) is 80.4 Å². The molecule has 0 bridgehead atoms. The lowest BCUT2D eigenvalue weighted by molar-refractivity contribution is -0.123. The first-order chi connectivity index (χ1) is 13.5. The maximum atomic E-state index is 12.4. The fourth-order valence-electron chi connectivity index (χ4n) is 2.98. The first-order valence-corrected chi connectivity index (χ1v) is 9.13. The van der Waals surface area contributed by atoms with Crippen LogP contribution in [0.4, 0.5) is 0 Å². The van der Waals surface area contributed by atoms with Gasteiger partial charge in [0, 0.05) is 17.5 Å². The average molecular weight is 380 g/mol. The van der Waals surface area contributed by atoms with Crippen LogP contribution >= 0.6 is 0 Å². The van der Waals surface area contributed by atoms with Gasteiger partial charge in [0.25, 0.3) is 11.5 Å². The fraction of sp³-hybridized carbons (Fsp3) is 0.273. The summed E-state index contributed by atoms with van der Waals surface area (Å²) in [5.74, 6) is 1.05. The van der Waals surface area contributed by atoms with Gasteiger partial charge >= 0.3 is 0 Å². The molecule has 2 N–H and O–H groups in total. The van der Waals surface area contributed by atoms with E-state index in [0.29, 0.717) is 35.5 Å². The van der Waals surface area contributed by atoms with Crippen LogP contribution in [-0.4, -0.2) is 31.2 Å². The minimum atomic E-state index is -0.226. The molecule has 0 aliphatic rings. The molecule has 1 amide bonds. The Morgan fingerprint density at radius 3 is 2.57 bits per heavy atom. The van der Waals surface area contributed by atoms with Gasteiger partial charge < -0.3 is 19.8 Å². The van der Waals surface area contributed by atoms with E-state index in [9.17, 15) is 9.59 Å². The van der Waals surface area contributed by atoms with Crippen molar-refractivity contribution in [3.63, 3.8) is 0 Å². The van der Waals surface area contributed by atoms with Crippen LogP contribution in [0.25, 0.3) is 10.9 Å². The first kappa shape index (κ1) is 19.5. The SMILES string of the molecule is COc1ccc(C)c2cc(CCNC(=O)COc3ccc(C)cc3)c(=O)[nH]c12. The van der Waals surface area contributed by atoms with Gasteiger partial charge in [0.2, 0.25) is 0 Å². The summed E-state index contributed by atoms with van der Waals surface area (Å²) >= 11 is 0. The normalized spacial score (nSPS) is 10.7. The highest BCUT2D eigenvalue weighted by Gasteiger charge is 2.10. The number of methoxy groups -OCH3 is 1. The highest BCUT2D eigenvalue weighted by atomic mass is 16.5. The fourth-order valence-corrected chi connectivity index (χ4v) is 2.98. The van der Waals surface area contributed by atoms with Crippen molar-refractivity contribution in [2.45, 2.75) is 20.3 Å². The maximum Gasteiger partial charge on any atom is 0.257 e. The van der Waals surface area contributed by atoms with Gasteiger partial charge in [0.1, 0.15) is 11.5 Å². The summed E-state index contributed by atoms with van der Waals surface area (Å²) in [6.45, 7) is 4.26. The lowest BCUT2D eigenvalue weighted by atomic mass is 10.1. The summed E-state index contributed by atoms with van der Waals surface area (Å²) < 4.78 is 10.8. The van der Waals surface area contributed by atoms with Gasteiger partial charge in [-0.15, -0.1) is 0 Å². The molecule has 1 aromatic heterocycles. The third-order valence-corrected chi connectivity index (χ3v) is 4.60. The minimum Gasteiger partial charge on any atom is -0.495 e. The van der Waals surface area contributed by atoms with Crippen LogP contribution in [0.1, 0.15) is 16.7 Å². The van der Waals surface area contributed by atoms with Crippen LogP contribution in [0.15, 0.2) is 47.3 Å².